The topological polar surface area (TPSA) is 39.1 Å². The SMILES string of the molecule is COc1ccc2c(c1)CCC[C@H]2NCc1ccc(Cn2ccnc2)cc1. The monoisotopic (exact) mass is 347 g/mol. The number of nitrogens with zero attached hydrogens (tertiary/aromatic N) is 2. The largest absolute Gasteiger partial charge is 0.497 e. The van der Waals surface area contributed by atoms with Gasteiger partial charge in [0.05, 0.1) is 13.4 Å². The Kier molecular flexibility index (Phi) is 5.02. The van der Waals surface area contributed by atoms with Crippen LogP contribution in [0.5, 0.6) is 5.75 Å². The molecule has 1 aromatic heterocycles. The van der Waals surface area contributed by atoms with Crippen LogP contribution in [-0.4, -0.2) is 16.7 Å². The van der Waals surface area contributed by atoms with E-state index in [2.05, 4.69) is 57.3 Å². The first kappa shape index (κ1) is 16.9. The lowest BCUT2D eigenvalue weighted by molar-refractivity contribution is 0.410. The molecule has 134 valence electrons. The molecule has 0 radical (unpaired) electrons. The highest BCUT2D eigenvalue weighted by atomic mass is 16.5. The van der Waals surface area contributed by atoms with E-state index in [4.69, 9.17) is 4.74 Å². The van der Waals surface area contributed by atoms with E-state index in [9.17, 15) is 0 Å². The molecule has 0 fully saturated rings. The van der Waals surface area contributed by atoms with Gasteiger partial charge in [0.2, 0.25) is 0 Å². The van der Waals surface area contributed by atoms with Gasteiger partial charge in [0, 0.05) is 31.5 Å². The number of methoxy groups -OCH3 is 1. The Morgan fingerprint density at radius 1 is 1.15 bits per heavy atom. The van der Waals surface area contributed by atoms with Gasteiger partial charge in [-0.1, -0.05) is 30.3 Å². The maximum atomic E-state index is 5.37. The van der Waals surface area contributed by atoms with E-state index in [0.717, 1.165) is 25.3 Å². The summed E-state index contributed by atoms with van der Waals surface area (Å²) in [6, 6.07) is 15.8. The maximum Gasteiger partial charge on any atom is 0.119 e. The van der Waals surface area contributed by atoms with Crippen LogP contribution in [-0.2, 0) is 19.5 Å². The van der Waals surface area contributed by atoms with Gasteiger partial charge in [-0.15, -0.1) is 0 Å². The number of aryl methyl sites for hydroxylation is 1. The molecule has 4 heteroatoms. The normalized spacial score (nSPS) is 16.3. The van der Waals surface area contributed by atoms with Crippen molar-refractivity contribution in [3.05, 3.63) is 83.4 Å². The van der Waals surface area contributed by atoms with Crippen LogP contribution in [0.1, 0.15) is 41.1 Å². The van der Waals surface area contributed by atoms with Gasteiger partial charge < -0.3 is 14.6 Å². The number of aromatic nitrogens is 2. The van der Waals surface area contributed by atoms with Crippen molar-refractivity contribution in [1.29, 1.82) is 0 Å². The third-order valence-corrected chi connectivity index (χ3v) is 5.16. The molecule has 0 saturated heterocycles. The van der Waals surface area contributed by atoms with Crippen molar-refractivity contribution in [1.82, 2.24) is 14.9 Å². The molecular formula is C22H25N3O. The Morgan fingerprint density at radius 3 is 2.77 bits per heavy atom. The molecule has 1 N–H and O–H groups in total. The zero-order valence-corrected chi connectivity index (χ0v) is 15.2. The summed E-state index contributed by atoms with van der Waals surface area (Å²) in [5, 5.41) is 3.74. The molecule has 4 nitrogen and oxygen atoms in total. The van der Waals surface area contributed by atoms with Gasteiger partial charge in [0.25, 0.3) is 0 Å². The van der Waals surface area contributed by atoms with Crippen LogP contribution in [0.4, 0.5) is 0 Å². The second kappa shape index (κ2) is 7.75. The number of fused-ring (bicyclic) bond motifs is 1. The highest BCUT2D eigenvalue weighted by molar-refractivity contribution is 5.39. The first-order valence-corrected chi connectivity index (χ1v) is 9.25. The van der Waals surface area contributed by atoms with Gasteiger partial charge in [0.1, 0.15) is 5.75 Å². The van der Waals surface area contributed by atoms with E-state index < -0.39 is 0 Å². The maximum absolute atomic E-state index is 5.37. The number of imidazole rings is 1. The fourth-order valence-electron chi connectivity index (χ4n) is 3.72. The highest BCUT2D eigenvalue weighted by Crippen LogP contribution is 2.32. The summed E-state index contributed by atoms with van der Waals surface area (Å²) in [7, 11) is 1.73. The Hall–Kier alpha value is -2.59. The summed E-state index contributed by atoms with van der Waals surface area (Å²) in [4.78, 5) is 4.09. The van der Waals surface area contributed by atoms with Gasteiger partial charge in [-0.25, -0.2) is 4.98 Å². The van der Waals surface area contributed by atoms with Crippen LogP contribution in [0.2, 0.25) is 0 Å². The first-order valence-electron chi connectivity index (χ1n) is 9.25. The molecule has 1 aliphatic carbocycles. The van der Waals surface area contributed by atoms with Crippen molar-refractivity contribution in [3.8, 4) is 5.75 Å². The second-order valence-corrected chi connectivity index (χ2v) is 6.94. The molecule has 0 bridgehead atoms. The summed E-state index contributed by atoms with van der Waals surface area (Å²) in [6.45, 7) is 1.76. The van der Waals surface area contributed by atoms with E-state index in [-0.39, 0.29) is 0 Å². The van der Waals surface area contributed by atoms with Crippen LogP contribution >= 0.6 is 0 Å². The zero-order valence-electron chi connectivity index (χ0n) is 15.2. The van der Waals surface area contributed by atoms with Crippen LogP contribution < -0.4 is 10.1 Å². The number of ether oxygens (including phenoxy) is 1. The van der Waals surface area contributed by atoms with Crippen LogP contribution in [0, 0.1) is 0 Å². The first-order chi connectivity index (χ1) is 12.8. The smallest absolute Gasteiger partial charge is 0.119 e. The predicted molar refractivity (Wildman–Crippen MR) is 103 cm³/mol. The summed E-state index contributed by atoms with van der Waals surface area (Å²) < 4.78 is 7.45. The van der Waals surface area contributed by atoms with Gasteiger partial charge in [0.15, 0.2) is 0 Å². The third kappa shape index (κ3) is 3.81. The Labute approximate surface area is 154 Å². The van der Waals surface area contributed by atoms with E-state index in [0.29, 0.717) is 6.04 Å². The average molecular weight is 347 g/mol. The second-order valence-electron chi connectivity index (χ2n) is 6.94. The summed E-state index contributed by atoms with van der Waals surface area (Å²) in [5.74, 6) is 0.956. The Morgan fingerprint density at radius 2 is 2.00 bits per heavy atom. The Bertz CT molecular complexity index is 840. The molecule has 3 aromatic rings. The molecule has 1 heterocycles. The molecule has 0 amide bonds. The summed E-state index contributed by atoms with van der Waals surface area (Å²) >= 11 is 0. The molecule has 4 rings (SSSR count). The average Bonchev–Trinajstić information content (AvgIpc) is 3.20. The van der Waals surface area contributed by atoms with Gasteiger partial charge in [-0.2, -0.15) is 0 Å². The molecule has 0 saturated carbocycles. The van der Waals surface area contributed by atoms with Gasteiger partial charge in [-0.05, 0) is 53.6 Å². The van der Waals surface area contributed by atoms with E-state index >= 15 is 0 Å². The molecule has 1 aliphatic rings. The van der Waals surface area contributed by atoms with Crippen molar-refractivity contribution in [2.45, 2.75) is 38.4 Å². The van der Waals surface area contributed by atoms with Gasteiger partial charge in [-0.3, -0.25) is 0 Å². The van der Waals surface area contributed by atoms with Crippen LogP contribution in [0.25, 0.3) is 0 Å². The molecule has 1 atom stereocenters. The molecule has 0 unspecified atom stereocenters. The molecule has 0 aliphatic heterocycles. The van der Waals surface area contributed by atoms with Crippen molar-refractivity contribution >= 4 is 0 Å². The van der Waals surface area contributed by atoms with Crippen molar-refractivity contribution in [2.24, 2.45) is 0 Å². The molecular weight excluding hydrogens is 322 g/mol. The predicted octanol–water partition coefficient (Wildman–Crippen LogP) is 4.11. The molecule has 26 heavy (non-hydrogen) atoms. The Balaban J connectivity index is 1.39. The minimum atomic E-state index is 0.426. The van der Waals surface area contributed by atoms with Gasteiger partial charge >= 0.3 is 0 Å². The summed E-state index contributed by atoms with van der Waals surface area (Å²) in [5.41, 5.74) is 5.46. The third-order valence-electron chi connectivity index (χ3n) is 5.16. The van der Waals surface area contributed by atoms with E-state index in [1.165, 1.54) is 35.1 Å². The van der Waals surface area contributed by atoms with Crippen molar-refractivity contribution in [3.63, 3.8) is 0 Å². The standard InChI is InChI=1S/C22H25N3O/c1-26-20-9-10-21-19(13-20)3-2-4-22(21)24-14-17-5-7-18(8-6-17)15-25-12-11-23-16-25/h5-13,16,22,24H,2-4,14-15H2,1H3/t22-/m1/s1. The lowest BCUT2D eigenvalue weighted by atomic mass is 9.87. The highest BCUT2D eigenvalue weighted by Gasteiger charge is 2.20. The van der Waals surface area contributed by atoms with Crippen molar-refractivity contribution < 1.29 is 4.74 Å². The van der Waals surface area contributed by atoms with E-state index in [1.54, 1.807) is 7.11 Å². The number of benzene rings is 2. The van der Waals surface area contributed by atoms with Crippen molar-refractivity contribution in [2.75, 3.05) is 7.11 Å². The van der Waals surface area contributed by atoms with Crippen LogP contribution in [0.15, 0.2) is 61.2 Å². The van der Waals surface area contributed by atoms with Crippen LogP contribution in [0.3, 0.4) is 0 Å². The zero-order chi connectivity index (χ0) is 17.8. The minimum absolute atomic E-state index is 0.426. The molecule has 0 spiro atoms. The van der Waals surface area contributed by atoms with E-state index in [1.807, 2.05) is 18.7 Å². The quantitative estimate of drug-likeness (QED) is 0.729. The fourth-order valence-corrected chi connectivity index (χ4v) is 3.72. The minimum Gasteiger partial charge on any atom is -0.497 e. The molecule has 2 aromatic carbocycles. The summed E-state index contributed by atoms with van der Waals surface area (Å²) in [6.07, 6.45) is 9.22. The fraction of sp³-hybridized carbons (Fsp3) is 0.318. The number of rotatable bonds is 6. The number of hydrogen-bond acceptors (Lipinski definition) is 3. The number of nitrogens with one attached hydrogen (secondary N) is 1. The number of hydrogen-bond donors (Lipinski definition) is 1. The lowest BCUT2D eigenvalue weighted by Crippen LogP contribution is -2.24. The lowest BCUT2D eigenvalue weighted by Gasteiger charge is -2.27.